The van der Waals surface area contributed by atoms with Gasteiger partial charge in [-0.2, -0.15) is 0 Å². The quantitative estimate of drug-likeness (QED) is 0.719. The van der Waals surface area contributed by atoms with Crippen molar-refractivity contribution in [3.05, 3.63) is 47.4 Å². The molecule has 0 bridgehead atoms. The van der Waals surface area contributed by atoms with Crippen molar-refractivity contribution in [2.24, 2.45) is 0 Å². The molecule has 0 fully saturated rings. The molecular formula is C11H10O4. The summed E-state index contributed by atoms with van der Waals surface area (Å²) in [6.45, 7) is 0. The Labute approximate surface area is 86.4 Å². The number of rotatable bonds is 2. The zero-order valence-electron chi connectivity index (χ0n) is 7.88. The first-order chi connectivity index (χ1) is 7.18. The molecule has 4 nitrogen and oxygen atoms in total. The third kappa shape index (κ3) is 1.79. The maximum atomic E-state index is 10.9. The Balaban J connectivity index is 2.13. The van der Waals surface area contributed by atoms with Gasteiger partial charge in [0.05, 0.1) is 0 Å². The lowest BCUT2D eigenvalue weighted by molar-refractivity contribution is -0.142. The second kappa shape index (κ2) is 3.65. The van der Waals surface area contributed by atoms with Crippen LogP contribution < -0.4 is 0 Å². The number of benzene rings is 1. The highest BCUT2D eigenvalue weighted by atomic mass is 16.6. The summed E-state index contributed by atoms with van der Waals surface area (Å²) >= 11 is 0. The molecular weight excluding hydrogens is 196 g/mol. The smallest absolute Gasteiger partial charge is 0.377 e. The highest BCUT2D eigenvalue weighted by Gasteiger charge is 2.34. The van der Waals surface area contributed by atoms with Crippen molar-refractivity contribution in [2.75, 3.05) is 0 Å². The van der Waals surface area contributed by atoms with Gasteiger partial charge in [0, 0.05) is 6.42 Å². The number of ether oxygens (including phenoxy) is 1. The fraction of sp³-hybridized carbons (Fsp3) is 0.182. The zero-order chi connectivity index (χ0) is 10.8. The molecule has 1 aliphatic rings. The molecule has 2 rings (SSSR count). The lowest BCUT2D eigenvalue weighted by Gasteiger charge is -2.09. The molecule has 0 saturated heterocycles. The van der Waals surface area contributed by atoms with Crippen LogP contribution in [0.5, 0.6) is 0 Å². The lowest BCUT2D eigenvalue weighted by atomic mass is 10.1. The molecule has 1 heterocycles. The van der Waals surface area contributed by atoms with E-state index in [1.54, 1.807) is 0 Å². The summed E-state index contributed by atoms with van der Waals surface area (Å²) in [5.41, 5.74) is 0.927. The molecule has 1 aromatic carbocycles. The molecule has 1 atom stereocenters. The maximum absolute atomic E-state index is 10.9. The van der Waals surface area contributed by atoms with E-state index in [1.165, 1.54) is 0 Å². The van der Waals surface area contributed by atoms with Gasteiger partial charge in [-0.1, -0.05) is 30.3 Å². The van der Waals surface area contributed by atoms with Crippen molar-refractivity contribution < 1.29 is 19.7 Å². The molecule has 1 aromatic rings. The number of carbonyl (C=O) groups is 1. The van der Waals surface area contributed by atoms with Crippen molar-refractivity contribution in [2.45, 2.75) is 12.5 Å². The van der Waals surface area contributed by atoms with E-state index in [0.29, 0.717) is 6.42 Å². The summed E-state index contributed by atoms with van der Waals surface area (Å²) in [5.74, 6) is -1.94. The van der Waals surface area contributed by atoms with Crippen molar-refractivity contribution in [3.63, 3.8) is 0 Å². The van der Waals surface area contributed by atoms with Gasteiger partial charge in [0.2, 0.25) is 5.76 Å². The minimum absolute atomic E-state index is 0.364. The van der Waals surface area contributed by atoms with Crippen molar-refractivity contribution in [1.82, 2.24) is 0 Å². The standard InChI is InChI=1S/C11H10O4/c12-9-8(15-11(14)10(9)13)6-7-4-2-1-3-5-7/h1-5,8,12-13H,6H2/t8-/m0/s1. The Morgan fingerprint density at radius 3 is 2.40 bits per heavy atom. The molecule has 78 valence electrons. The average molecular weight is 206 g/mol. The molecule has 15 heavy (non-hydrogen) atoms. The first-order valence-corrected chi connectivity index (χ1v) is 4.55. The van der Waals surface area contributed by atoms with Crippen LogP contribution in [0.4, 0.5) is 0 Å². The average Bonchev–Trinajstić information content (AvgIpc) is 2.48. The van der Waals surface area contributed by atoms with Crippen molar-refractivity contribution in [3.8, 4) is 0 Å². The molecule has 0 unspecified atom stereocenters. The van der Waals surface area contributed by atoms with E-state index in [4.69, 9.17) is 9.84 Å². The third-order valence-electron chi connectivity index (χ3n) is 2.25. The summed E-state index contributed by atoms with van der Waals surface area (Å²) in [4.78, 5) is 10.9. The van der Waals surface area contributed by atoms with Crippen LogP contribution in [0.2, 0.25) is 0 Å². The zero-order valence-corrected chi connectivity index (χ0v) is 7.88. The minimum Gasteiger partial charge on any atom is -0.505 e. The Hall–Kier alpha value is -1.97. The lowest BCUT2D eigenvalue weighted by Crippen LogP contribution is -2.14. The molecule has 1 aliphatic heterocycles. The van der Waals surface area contributed by atoms with Gasteiger partial charge < -0.3 is 14.9 Å². The van der Waals surface area contributed by atoms with E-state index in [0.717, 1.165) is 5.56 Å². The van der Waals surface area contributed by atoms with Gasteiger partial charge >= 0.3 is 5.97 Å². The van der Waals surface area contributed by atoms with Crippen LogP contribution in [-0.2, 0) is 16.0 Å². The fourth-order valence-electron chi connectivity index (χ4n) is 1.46. The van der Waals surface area contributed by atoms with E-state index < -0.39 is 17.8 Å². The number of hydrogen-bond acceptors (Lipinski definition) is 4. The number of aliphatic hydroxyl groups excluding tert-OH is 2. The van der Waals surface area contributed by atoms with Crippen LogP contribution >= 0.6 is 0 Å². The minimum atomic E-state index is -0.867. The normalized spacial score (nSPS) is 20.5. The van der Waals surface area contributed by atoms with Crippen molar-refractivity contribution in [1.29, 1.82) is 0 Å². The van der Waals surface area contributed by atoms with Crippen LogP contribution in [0, 0.1) is 0 Å². The predicted octanol–water partition coefficient (Wildman–Crippen LogP) is 1.48. The first kappa shape index (κ1) is 9.58. The summed E-state index contributed by atoms with van der Waals surface area (Å²) in [7, 11) is 0. The highest BCUT2D eigenvalue weighted by Crippen LogP contribution is 2.21. The number of esters is 1. The number of carbonyl (C=O) groups excluding carboxylic acids is 1. The van der Waals surface area contributed by atoms with Crippen LogP contribution in [0.3, 0.4) is 0 Å². The van der Waals surface area contributed by atoms with Gasteiger partial charge in [-0.25, -0.2) is 4.79 Å². The van der Waals surface area contributed by atoms with Crippen LogP contribution in [0.15, 0.2) is 41.9 Å². The molecule has 0 aromatic heterocycles. The highest BCUT2D eigenvalue weighted by molar-refractivity contribution is 5.89. The summed E-state index contributed by atoms with van der Waals surface area (Å²) in [6.07, 6.45) is -0.400. The van der Waals surface area contributed by atoms with E-state index in [9.17, 15) is 9.90 Å². The molecule has 0 radical (unpaired) electrons. The second-order valence-corrected chi connectivity index (χ2v) is 3.32. The largest absolute Gasteiger partial charge is 0.505 e. The van der Waals surface area contributed by atoms with E-state index in [2.05, 4.69) is 0 Å². The van der Waals surface area contributed by atoms with Crippen LogP contribution in [0.25, 0.3) is 0 Å². The Bertz CT molecular complexity index is 408. The van der Waals surface area contributed by atoms with Crippen LogP contribution in [0.1, 0.15) is 5.56 Å². The Morgan fingerprint density at radius 2 is 1.87 bits per heavy atom. The summed E-state index contributed by atoms with van der Waals surface area (Å²) in [6, 6.07) is 9.30. The Morgan fingerprint density at radius 1 is 1.20 bits per heavy atom. The molecule has 4 heteroatoms. The van der Waals surface area contributed by atoms with Gasteiger partial charge in [-0.05, 0) is 5.56 Å². The number of cyclic esters (lactones) is 1. The first-order valence-electron chi connectivity index (χ1n) is 4.55. The molecule has 0 saturated carbocycles. The SMILES string of the molecule is O=C1O[C@@H](Cc2ccccc2)C(O)=C1O. The summed E-state index contributed by atoms with van der Waals surface area (Å²) < 4.78 is 4.78. The number of hydrogen-bond donors (Lipinski definition) is 2. The molecule has 0 spiro atoms. The van der Waals surface area contributed by atoms with Gasteiger partial charge in [0.25, 0.3) is 0 Å². The second-order valence-electron chi connectivity index (χ2n) is 3.32. The molecule has 0 amide bonds. The van der Waals surface area contributed by atoms with Gasteiger partial charge in [-0.15, -0.1) is 0 Å². The van der Waals surface area contributed by atoms with Gasteiger partial charge in [0.1, 0.15) is 0 Å². The molecule has 2 N–H and O–H groups in total. The molecule has 0 aliphatic carbocycles. The van der Waals surface area contributed by atoms with Crippen LogP contribution in [-0.4, -0.2) is 22.3 Å². The van der Waals surface area contributed by atoms with E-state index in [1.807, 2.05) is 30.3 Å². The monoisotopic (exact) mass is 206 g/mol. The van der Waals surface area contributed by atoms with Gasteiger partial charge in [-0.3, -0.25) is 0 Å². The third-order valence-corrected chi connectivity index (χ3v) is 2.25. The fourth-order valence-corrected chi connectivity index (χ4v) is 1.46. The maximum Gasteiger partial charge on any atom is 0.377 e. The predicted molar refractivity (Wildman–Crippen MR) is 52.3 cm³/mol. The van der Waals surface area contributed by atoms with Crippen molar-refractivity contribution >= 4 is 5.97 Å². The van der Waals surface area contributed by atoms with E-state index >= 15 is 0 Å². The summed E-state index contributed by atoms with van der Waals surface area (Å²) in [5, 5.41) is 18.4. The number of aliphatic hydroxyl groups is 2. The van der Waals surface area contributed by atoms with Gasteiger partial charge in [0.15, 0.2) is 11.9 Å². The topological polar surface area (TPSA) is 66.8 Å². The Kier molecular flexibility index (Phi) is 2.33. The van der Waals surface area contributed by atoms with E-state index in [-0.39, 0.29) is 5.76 Å².